The Morgan fingerprint density at radius 1 is 1.00 bits per heavy atom. The number of para-hydroxylation sites is 1. The van der Waals surface area contributed by atoms with Crippen LogP contribution in [0.15, 0.2) is 48.5 Å². The van der Waals surface area contributed by atoms with Gasteiger partial charge in [0.25, 0.3) is 0 Å². The summed E-state index contributed by atoms with van der Waals surface area (Å²) in [4.78, 5) is 36.5. The zero-order valence-electron chi connectivity index (χ0n) is 27.9. The number of aliphatic hydroxyl groups excluding tert-OH is 2. The lowest BCUT2D eigenvalue weighted by Crippen LogP contribution is -2.42. The molecule has 1 fully saturated rings. The van der Waals surface area contributed by atoms with Gasteiger partial charge in [0, 0.05) is 50.6 Å². The molecule has 0 radical (unpaired) electrons. The fourth-order valence-electron chi connectivity index (χ4n) is 5.36. The van der Waals surface area contributed by atoms with Crippen molar-refractivity contribution >= 4 is 34.4 Å². The Balaban J connectivity index is 1.11. The highest BCUT2D eigenvalue weighted by Gasteiger charge is 2.34. The first-order chi connectivity index (χ1) is 23.7. The van der Waals surface area contributed by atoms with Crippen molar-refractivity contribution in [2.75, 3.05) is 52.4 Å². The van der Waals surface area contributed by atoms with Crippen molar-refractivity contribution in [3.8, 4) is 5.75 Å². The van der Waals surface area contributed by atoms with Crippen LogP contribution in [-0.4, -0.2) is 108 Å². The van der Waals surface area contributed by atoms with E-state index < -0.39 is 24.5 Å². The molecule has 268 valence electrons. The largest absolute Gasteiger partial charge is 0.479 e. The topological polar surface area (TPSA) is 193 Å². The maximum Gasteiger partial charge on any atom is 0.333 e. The maximum absolute atomic E-state index is 12.6. The second-order valence-corrected chi connectivity index (χ2v) is 11.7. The van der Waals surface area contributed by atoms with Gasteiger partial charge in [-0.1, -0.05) is 24.3 Å². The third kappa shape index (κ3) is 11.8. The molecule has 0 aliphatic carbocycles. The first-order valence-corrected chi connectivity index (χ1v) is 16.3. The van der Waals surface area contributed by atoms with Crippen LogP contribution in [0.25, 0.3) is 10.9 Å². The van der Waals surface area contributed by atoms with Crippen molar-refractivity contribution in [3.05, 3.63) is 59.8 Å². The van der Waals surface area contributed by atoms with Gasteiger partial charge in [0.15, 0.2) is 6.10 Å². The summed E-state index contributed by atoms with van der Waals surface area (Å²) >= 11 is 0. The van der Waals surface area contributed by atoms with Crippen LogP contribution in [0.5, 0.6) is 5.75 Å². The van der Waals surface area contributed by atoms with Crippen molar-refractivity contribution in [2.24, 2.45) is 0 Å². The highest BCUT2D eigenvalue weighted by molar-refractivity contribution is 5.92. The Morgan fingerprint density at radius 2 is 1.78 bits per heavy atom. The van der Waals surface area contributed by atoms with Crippen molar-refractivity contribution in [1.82, 2.24) is 20.3 Å². The molecule has 1 saturated heterocycles. The maximum atomic E-state index is 12.6. The lowest BCUT2D eigenvalue weighted by molar-refractivity contribution is -0.195. The number of nitrogens with zero attached hydrogens (tertiary/aromatic N) is 2. The van der Waals surface area contributed by atoms with Gasteiger partial charge in [0.2, 0.25) is 18.1 Å². The number of benzene rings is 2. The average molecular weight is 686 g/mol. The lowest BCUT2D eigenvalue weighted by Gasteiger charge is -2.31. The second kappa shape index (κ2) is 19.2. The monoisotopic (exact) mass is 685 g/mol. The van der Waals surface area contributed by atoms with Crippen LogP contribution in [0.1, 0.15) is 36.9 Å². The lowest BCUT2D eigenvalue weighted by atomic mass is 10.1. The van der Waals surface area contributed by atoms with Gasteiger partial charge in [0.1, 0.15) is 5.75 Å². The summed E-state index contributed by atoms with van der Waals surface area (Å²) in [7, 11) is 3.83. The minimum atomic E-state index is -1.21. The molecule has 1 aliphatic rings. The van der Waals surface area contributed by atoms with E-state index in [1.807, 2.05) is 31.2 Å². The molecule has 1 unspecified atom stereocenters. The normalized spacial score (nSPS) is 17.7. The number of carbonyl (C=O) groups excluding carboxylic acids is 2. The number of rotatable bonds is 20. The Hall–Kier alpha value is -4.09. The van der Waals surface area contributed by atoms with E-state index in [0.29, 0.717) is 38.2 Å². The minimum Gasteiger partial charge on any atom is -0.479 e. The number of aromatic nitrogens is 1. The number of aliphatic carboxylic acids is 1. The van der Waals surface area contributed by atoms with E-state index >= 15 is 0 Å². The molecule has 1 aromatic heterocycles. The summed E-state index contributed by atoms with van der Waals surface area (Å²) in [5, 5.41) is 37.6. The highest BCUT2D eigenvalue weighted by atomic mass is 16.7. The molecule has 15 heteroatoms. The van der Waals surface area contributed by atoms with Crippen molar-refractivity contribution in [1.29, 1.82) is 0 Å². The number of carboxylic acid groups (broad SMARTS) is 1. The second-order valence-electron chi connectivity index (χ2n) is 11.7. The molecule has 3 atom stereocenters. The smallest absolute Gasteiger partial charge is 0.333 e. The number of aryl methyl sites for hydroxylation is 1. The fourth-order valence-corrected chi connectivity index (χ4v) is 5.36. The van der Waals surface area contributed by atoms with Crippen LogP contribution in [0.2, 0.25) is 0 Å². The number of hydrogen-bond donors (Lipinski definition) is 6. The van der Waals surface area contributed by atoms with Crippen LogP contribution < -0.4 is 20.8 Å². The number of hydrazine groups is 1. The van der Waals surface area contributed by atoms with Gasteiger partial charge >= 0.3 is 5.97 Å². The SMILES string of the molecule is CNN(C)Cc1cc2ccccc2n1CCC(=O)NCCOCCOCCC(=O)Nc1cc(CO)ccc1OC1C[C@@H](O)C[C@@H](C(=O)O)O1. The first kappa shape index (κ1) is 37.7. The number of carboxylic acids is 1. The van der Waals surface area contributed by atoms with Gasteiger partial charge in [-0.25, -0.2) is 9.80 Å². The molecule has 1 aliphatic heterocycles. The van der Waals surface area contributed by atoms with Crippen molar-refractivity contribution < 1.29 is 48.7 Å². The molecule has 2 aromatic carbocycles. The van der Waals surface area contributed by atoms with Crippen LogP contribution in [0, 0.1) is 0 Å². The van der Waals surface area contributed by atoms with Crippen LogP contribution >= 0.6 is 0 Å². The summed E-state index contributed by atoms with van der Waals surface area (Å²) < 4.78 is 24.5. The Bertz CT molecular complexity index is 1530. The summed E-state index contributed by atoms with van der Waals surface area (Å²) in [5.41, 5.74) is 6.10. The predicted octanol–water partition coefficient (Wildman–Crippen LogP) is 1.60. The van der Waals surface area contributed by atoms with Crippen molar-refractivity contribution in [2.45, 2.75) is 63.9 Å². The molecule has 49 heavy (non-hydrogen) atoms. The standard InChI is InChI=1S/C34H47N5O10/c1-35-38(2)21-25-18-24-5-3-4-6-28(24)39(25)12-9-31(42)36-11-14-47-16-15-46-13-10-32(43)37-27-17-23(22-40)7-8-29(27)48-33-20-26(41)19-30(49-33)34(44)45/h3-8,17-18,26,30,33,35,40-41H,9-16,19-22H2,1-2H3,(H,36,42)(H,37,43)(H,44,45)/t26-,30-,33?/m0/s1. The van der Waals surface area contributed by atoms with E-state index in [1.165, 1.54) is 6.07 Å². The van der Waals surface area contributed by atoms with Gasteiger partial charge in [0.05, 0.1) is 57.8 Å². The number of fused-ring (bicyclic) bond motifs is 1. The van der Waals surface area contributed by atoms with Gasteiger partial charge in [-0.15, -0.1) is 0 Å². The average Bonchev–Trinajstić information content (AvgIpc) is 3.43. The summed E-state index contributed by atoms with van der Waals surface area (Å²) in [6.07, 6.45) is -2.79. The minimum absolute atomic E-state index is 0.0300. The van der Waals surface area contributed by atoms with E-state index in [0.717, 1.165) is 16.6 Å². The zero-order valence-corrected chi connectivity index (χ0v) is 27.9. The van der Waals surface area contributed by atoms with Crippen LogP contribution in [0.3, 0.4) is 0 Å². The molecular formula is C34H47N5O10. The molecule has 0 bridgehead atoms. The Morgan fingerprint density at radius 3 is 2.53 bits per heavy atom. The van der Waals surface area contributed by atoms with Crippen molar-refractivity contribution in [3.63, 3.8) is 0 Å². The molecule has 2 amide bonds. The third-order valence-electron chi connectivity index (χ3n) is 7.95. The number of amides is 2. The molecule has 3 aromatic rings. The van der Waals surface area contributed by atoms with Gasteiger partial charge in [-0.3, -0.25) is 15.0 Å². The number of nitrogens with one attached hydrogen (secondary N) is 3. The first-order valence-electron chi connectivity index (χ1n) is 16.3. The van der Waals surface area contributed by atoms with Gasteiger partial charge in [-0.2, -0.15) is 0 Å². The van der Waals surface area contributed by atoms with Crippen LogP contribution in [-0.2, 0) is 48.3 Å². The van der Waals surface area contributed by atoms with E-state index in [1.54, 1.807) is 12.1 Å². The predicted molar refractivity (Wildman–Crippen MR) is 180 cm³/mol. The number of hydrogen-bond acceptors (Lipinski definition) is 11. The quantitative estimate of drug-likeness (QED) is 0.0745. The summed E-state index contributed by atoms with van der Waals surface area (Å²) in [6, 6.07) is 14.9. The number of ether oxygens (including phenoxy) is 4. The van der Waals surface area contributed by atoms with E-state index in [9.17, 15) is 29.7 Å². The molecule has 2 heterocycles. The number of aliphatic hydroxyl groups is 2. The summed E-state index contributed by atoms with van der Waals surface area (Å²) in [6.45, 7) is 2.34. The third-order valence-corrected chi connectivity index (χ3v) is 7.95. The van der Waals surface area contributed by atoms with E-state index in [-0.39, 0.29) is 68.9 Å². The van der Waals surface area contributed by atoms with E-state index in [4.69, 9.17) is 18.9 Å². The Labute approximate surface area is 285 Å². The summed E-state index contributed by atoms with van der Waals surface area (Å²) in [5.74, 6) is -1.44. The van der Waals surface area contributed by atoms with E-state index in [2.05, 4.69) is 38.8 Å². The molecular weight excluding hydrogens is 638 g/mol. The highest BCUT2D eigenvalue weighted by Crippen LogP contribution is 2.30. The zero-order chi connectivity index (χ0) is 35.2. The number of anilines is 1. The Kier molecular flexibility index (Phi) is 14.8. The molecule has 4 rings (SSSR count). The fraction of sp³-hybridized carbons (Fsp3) is 0.500. The molecule has 6 N–H and O–H groups in total. The van der Waals surface area contributed by atoms with Crippen LogP contribution in [0.4, 0.5) is 5.69 Å². The molecule has 15 nitrogen and oxygen atoms in total. The van der Waals surface area contributed by atoms with Gasteiger partial charge in [-0.05, 0) is 42.3 Å². The van der Waals surface area contributed by atoms with Gasteiger partial charge < -0.3 is 49.5 Å². The molecule has 0 saturated carbocycles. The number of carbonyl (C=O) groups is 3. The molecule has 0 spiro atoms.